The maximum atomic E-state index is 13.3. The van der Waals surface area contributed by atoms with Crippen LogP contribution in [0.4, 0.5) is 5.69 Å². The van der Waals surface area contributed by atoms with Crippen molar-refractivity contribution in [2.75, 3.05) is 19.6 Å². The lowest BCUT2D eigenvalue weighted by molar-refractivity contribution is -0.131. The number of aliphatic imine (C=N–C) groups is 2. The zero-order chi connectivity index (χ0) is 22.9. The first-order chi connectivity index (χ1) is 16.6. The number of hydrogen-bond donors (Lipinski definition) is 0. The lowest BCUT2D eigenvalue weighted by Gasteiger charge is -2.23. The smallest absolute Gasteiger partial charge is 0.256 e. The van der Waals surface area contributed by atoms with E-state index >= 15 is 0 Å². The first kappa shape index (κ1) is 20.1. The van der Waals surface area contributed by atoms with Crippen LogP contribution in [0.1, 0.15) is 48.8 Å². The summed E-state index contributed by atoms with van der Waals surface area (Å²) < 4.78 is 0. The minimum Gasteiger partial charge on any atom is -0.342 e. The number of rotatable bonds is 5. The zero-order valence-corrected chi connectivity index (χ0v) is 19.2. The molecule has 2 amide bonds. The average molecular weight is 453 g/mol. The summed E-state index contributed by atoms with van der Waals surface area (Å²) in [6.45, 7) is 2.23. The van der Waals surface area contributed by atoms with Gasteiger partial charge in [0, 0.05) is 37.5 Å². The van der Waals surface area contributed by atoms with Gasteiger partial charge in [-0.05, 0) is 55.2 Å². The average Bonchev–Trinajstić information content (AvgIpc) is 3.75. The van der Waals surface area contributed by atoms with E-state index in [2.05, 4.69) is 42.5 Å². The number of fused-ring (bicyclic) bond motifs is 1. The molecule has 1 saturated heterocycles. The van der Waals surface area contributed by atoms with Crippen molar-refractivity contribution in [1.82, 2.24) is 9.80 Å². The normalized spacial score (nSPS) is 24.5. The highest BCUT2D eigenvalue weighted by Crippen LogP contribution is 2.46. The van der Waals surface area contributed by atoms with E-state index < -0.39 is 5.54 Å². The lowest BCUT2D eigenvalue weighted by atomic mass is 10.0. The Morgan fingerprint density at radius 2 is 1.76 bits per heavy atom. The van der Waals surface area contributed by atoms with Crippen molar-refractivity contribution in [3.8, 4) is 0 Å². The quantitative estimate of drug-likeness (QED) is 0.694. The van der Waals surface area contributed by atoms with Crippen LogP contribution in [0.3, 0.4) is 0 Å². The Bertz CT molecular complexity index is 1250. The second-order valence-corrected chi connectivity index (χ2v) is 10.5. The van der Waals surface area contributed by atoms with Gasteiger partial charge >= 0.3 is 0 Å². The molecule has 3 aliphatic heterocycles. The summed E-state index contributed by atoms with van der Waals surface area (Å²) in [5, 5.41) is 0. The zero-order valence-electron chi connectivity index (χ0n) is 19.2. The van der Waals surface area contributed by atoms with Gasteiger partial charge in [-0.1, -0.05) is 42.5 Å². The highest BCUT2D eigenvalue weighted by molar-refractivity contribution is 6.16. The first-order valence-corrected chi connectivity index (χ1v) is 12.6. The molecule has 7 rings (SSSR count). The van der Waals surface area contributed by atoms with Crippen molar-refractivity contribution in [1.29, 1.82) is 0 Å². The van der Waals surface area contributed by atoms with Crippen molar-refractivity contribution >= 4 is 29.0 Å². The van der Waals surface area contributed by atoms with E-state index in [1.807, 2.05) is 15.9 Å². The Morgan fingerprint density at radius 3 is 2.50 bits per heavy atom. The second-order valence-electron chi connectivity index (χ2n) is 10.5. The molecule has 3 fully saturated rings. The number of nitrogens with zero attached hydrogens (tertiary/aromatic N) is 4. The van der Waals surface area contributed by atoms with Crippen LogP contribution >= 0.6 is 0 Å². The molecule has 34 heavy (non-hydrogen) atoms. The molecule has 1 spiro atoms. The standard InChI is InChI=1S/C28H28N4O2/c33-26(21-9-10-21)31-14-11-18(16-31)17-32-25(30-28(12-13-28)27(32)34)20-7-5-19(6-8-20)24-15-22-3-1-2-4-23(22)29-24/h1-8,18,21H,9-17H2/t18-/m1/s1. The third kappa shape index (κ3) is 3.30. The van der Waals surface area contributed by atoms with Gasteiger partial charge in [0.15, 0.2) is 0 Å². The van der Waals surface area contributed by atoms with E-state index in [-0.39, 0.29) is 11.8 Å². The number of amides is 2. The van der Waals surface area contributed by atoms with Gasteiger partial charge < -0.3 is 4.90 Å². The molecular formula is C28H28N4O2. The fourth-order valence-corrected chi connectivity index (χ4v) is 5.63. The molecule has 6 nitrogen and oxygen atoms in total. The van der Waals surface area contributed by atoms with Crippen molar-refractivity contribution in [3.63, 3.8) is 0 Å². The number of carbonyl (C=O) groups excluding carboxylic acids is 2. The van der Waals surface area contributed by atoms with E-state index in [0.717, 1.165) is 80.0 Å². The molecule has 0 unspecified atom stereocenters. The Labute approximate surface area is 199 Å². The monoisotopic (exact) mass is 452 g/mol. The molecule has 2 aliphatic carbocycles. The summed E-state index contributed by atoms with van der Waals surface area (Å²) >= 11 is 0. The molecule has 0 N–H and O–H groups in total. The predicted octanol–water partition coefficient (Wildman–Crippen LogP) is 3.74. The Hall–Kier alpha value is -3.28. The summed E-state index contributed by atoms with van der Waals surface area (Å²) in [5.74, 6) is 1.84. The molecule has 172 valence electrons. The van der Waals surface area contributed by atoms with Gasteiger partial charge in [-0.25, -0.2) is 0 Å². The Morgan fingerprint density at radius 1 is 1.00 bits per heavy atom. The van der Waals surface area contributed by atoms with Crippen LogP contribution in [-0.4, -0.2) is 58.3 Å². The number of benzene rings is 2. The topological polar surface area (TPSA) is 65.3 Å². The van der Waals surface area contributed by atoms with E-state index in [9.17, 15) is 9.59 Å². The molecule has 0 radical (unpaired) electrons. The molecule has 2 aromatic rings. The summed E-state index contributed by atoms with van der Waals surface area (Å²) in [6, 6.07) is 16.7. The molecule has 5 aliphatic rings. The van der Waals surface area contributed by atoms with Crippen LogP contribution in [0.2, 0.25) is 0 Å². The van der Waals surface area contributed by atoms with Gasteiger partial charge in [0.2, 0.25) is 5.91 Å². The summed E-state index contributed by atoms with van der Waals surface area (Å²) in [6.07, 6.45) is 5.58. The maximum absolute atomic E-state index is 13.3. The fraction of sp³-hybridized carbons (Fsp3) is 0.429. The SMILES string of the molecule is O=C(C1CC1)N1CC[C@@H](CN2C(=O)C3(CC3)N=C2c2ccc(C3=Nc4ccccc4C3)cc2)C1. The molecular weight excluding hydrogens is 424 g/mol. The van der Waals surface area contributed by atoms with Crippen molar-refractivity contribution in [2.45, 2.75) is 44.1 Å². The molecule has 2 saturated carbocycles. The molecule has 1 atom stereocenters. The number of amidine groups is 1. The minimum absolute atomic E-state index is 0.147. The maximum Gasteiger partial charge on any atom is 0.256 e. The van der Waals surface area contributed by atoms with E-state index in [1.54, 1.807) is 0 Å². The van der Waals surface area contributed by atoms with E-state index in [0.29, 0.717) is 18.4 Å². The number of para-hydroxylation sites is 1. The molecule has 3 heterocycles. The van der Waals surface area contributed by atoms with Crippen molar-refractivity contribution in [3.05, 3.63) is 65.2 Å². The van der Waals surface area contributed by atoms with Gasteiger partial charge in [0.1, 0.15) is 11.4 Å². The molecule has 0 aromatic heterocycles. The number of hydrogen-bond acceptors (Lipinski definition) is 4. The van der Waals surface area contributed by atoms with Gasteiger partial charge in [0.05, 0.1) is 11.4 Å². The molecule has 0 bridgehead atoms. The van der Waals surface area contributed by atoms with E-state index in [4.69, 9.17) is 9.98 Å². The van der Waals surface area contributed by atoms with Crippen LogP contribution in [0.25, 0.3) is 0 Å². The van der Waals surface area contributed by atoms with Crippen molar-refractivity contribution < 1.29 is 9.59 Å². The highest BCUT2D eigenvalue weighted by atomic mass is 16.2. The molecule has 2 aromatic carbocycles. The summed E-state index contributed by atoms with van der Waals surface area (Å²) in [5.41, 5.74) is 4.98. The Balaban J connectivity index is 1.10. The Kier molecular flexibility index (Phi) is 4.36. The van der Waals surface area contributed by atoms with Gasteiger partial charge in [-0.3, -0.25) is 24.5 Å². The van der Waals surface area contributed by atoms with E-state index in [1.165, 1.54) is 5.56 Å². The summed E-state index contributed by atoms with van der Waals surface area (Å²) in [4.78, 5) is 39.5. The predicted molar refractivity (Wildman–Crippen MR) is 130 cm³/mol. The van der Waals surface area contributed by atoms with Gasteiger partial charge in [-0.15, -0.1) is 0 Å². The molecule has 6 heteroatoms. The van der Waals surface area contributed by atoms with Crippen LogP contribution in [-0.2, 0) is 16.0 Å². The van der Waals surface area contributed by atoms with Crippen LogP contribution < -0.4 is 0 Å². The number of likely N-dealkylation sites (tertiary alicyclic amines) is 1. The third-order valence-electron chi connectivity index (χ3n) is 7.99. The van der Waals surface area contributed by atoms with Gasteiger partial charge in [-0.2, -0.15) is 0 Å². The summed E-state index contributed by atoms with van der Waals surface area (Å²) in [7, 11) is 0. The largest absolute Gasteiger partial charge is 0.342 e. The first-order valence-electron chi connectivity index (χ1n) is 12.6. The third-order valence-corrected chi connectivity index (χ3v) is 7.99. The fourth-order valence-electron chi connectivity index (χ4n) is 5.63. The van der Waals surface area contributed by atoms with Crippen LogP contribution in [0.5, 0.6) is 0 Å². The van der Waals surface area contributed by atoms with Crippen LogP contribution in [0, 0.1) is 11.8 Å². The lowest BCUT2D eigenvalue weighted by Crippen LogP contribution is -2.40. The van der Waals surface area contributed by atoms with Crippen LogP contribution in [0.15, 0.2) is 58.5 Å². The minimum atomic E-state index is -0.521. The highest BCUT2D eigenvalue weighted by Gasteiger charge is 2.57. The second kappa shape index (κ2) is 7.36. The number of carbonyl (C=O) groups is 2. The van der Waals surface area contributed by atoms with Gasteiger partial charge in [0.25, 0.3) is 5.91 Å². The van der Waals surface area contributed by atoms with Crippen molar-refractivity contribution in [2.24, 2.45) is 21.8 Å².